The maximum Gasteiger partial charge on any atom is 0.435 e. The molecule has 8 heteroatoms. The summed E-state index contributed by atoms with van der Waals surface area (Å²) in [6.07, 6.45) is -0.186. The molecule has 0 saturated heterocycles. The van der Waals surface area contributed by atoms with Gasteiger partial charge in [0.1, 0.15) is 6.54 Å². The summed E-state index contributed by atoms with van der Waals surface area (Å²) in [4.78, 5) is 11.5. The second-order valence-electron chi connectivity index (χ2n) is 5.12. The molecule has 2 rings (SSSR count). The minimum Gasteiger partial charge on any atom is -0.381 e. The van der Waals surface area contributed by atoms with E-state index >= 15 is 0 Å². The summed E-state index contributed by atoms with van der Waals surface area (Å²) in [5.74, 6) is 0.344. The van der Waals surface area contributed by atoms with Gasteiger partial charge in [-0.05, 0) is 31.2 Å². The average molecular weight is 305 g/mol. The summed E-state index contributed by atoms with van der Waals surface area (Å²) >= 11 is 0. The summed E-state index contributed by atoms with van der Waals surface area (Å²) in [7, 11) is 0. The highest BCUT2D eigenvalue weighted by molar-refractivity contribution is 5.75. The van der Waals surface area contributed by atoms with Crippen molar-refractivity contribution in [2.24, 2.45) is 5.92 Å². The Kier molecular flexibility index (Phi) is 5.22. The van der Waals surface area contributed by atoms with E-state index in [0.29, 0.717) is 25.5 Å². The van der Waals surface area contributed by atoms with Crippen molar-refractivity contribution in [3.05, 3.63) is 18.0 Å². The third-order valence-electron chi connectivity index (χ3n) is 3.07. The predicted molar refractivity (Wildman–Crippen MR) is 68.4 cm³/mol. The largest absolute Gasteiger partial charge is 0.435 e. The number of alkyl halides is 3. The van der Waals surface area contributed by atoms with Crippen LogP contribution in [0.2, 0.25) is 0 Å². The van der Waals surface area contributed by atoms with Crippen LogP contribution in [0.4, 0.5) is 13.2 Å². The van der Waals surface area contributed by atoms with Crippen molar-refractivity contribution in [2.45, 2.75) is 32.0 Å². The van der Waals surface area contributed by atoms with Crippen molar-refractivity contribution in [2.75, 3.05) is 19.8 Å². The molecular weight excluding hydrogens is 287 g/mol. The molecular formula is C13H18F3N3O2. The van der Waals surface area contributed by atoms with E-state index in [4.69, 9.17) is 4.74 Å². The van der Waals surface area contributed by atoms with Gasteiger partial charge in [-0.3, -0.25) is 9.48 Å². The van der Waals surface area contributed by atoms with Crippen LogP contribution in [0, 0.1) is 5.92 Å². The topological polar surface area (TPSA) is 56.2 Å². The lowest BCUT2D eigenvalue weighted by Gasteiger charge is -2.06. The molecule has 0 spiro atoms. The summed E-state index contributed by atoms with van der Waals surface area (Å²) in [5, 5.41) is 5.93. The van der Waals surface area contributed by atoms with E-state index < -0.39 is 11.9 Å². The summed E-state index contributed by atoms with van der Waals surface area (Å²) in [6.45, 7) is 1.58. The summed E-state index contributed by atoms with van der Waals surface area (Å²) in [6, 6.07) is 0.846. The maximum atomic E-state index is 12.3. The Hall–Kier alpha value is -1.57. The van der Waals surface area contributed by atoms with Gasteiger partial charge >= 0.3 is 6.18 Å². The lowest BCUT2D eigenvalue weighted by atomic mass is 10.4. The number of amides is 1. The fourth-order valence-electron chi connectivity index (χ4n) is 1.74. The Morgan fingerprint density at radius 3 is 2.86 bits per heavy atom. The number of nitrogens with zero attached hydrogens (tertiary/aromatic N) is 2. The standard InChI is InChI=1S/C13H18F3N3O2/c14-13(15,16)11-4-6-19(18-11)8-12(20)17-5-1-7-21-9-10-2-3-10/h4,6,10H,1-3,5,7-9H2,(H,17,20). The van der Waals surface area contributed by atoms with Gasteiger partial charge in [-0.15, -0.1) is 0 Å². The molecule has 0 bridgehead atoms. The van der Waals surface area contributed by atoms with Crippen LogP contribution in [0.25, 0.3) is 0 Å². The van der Waals surface area contributed by atoms with E-state index in [1.165, 1.54) is 12.8 Å². The van der Waals surface area contributed by atoms with Crippen LogP contribution in [-0.4, -0.2) is 35.4 Å². The minimum atomic E-state index is -4.49. The highest BCUT2D eigenvalue weighted by atomic mass is 19.4. The number of ether oxygens (including phenoxy) is 1. The normalized spacial score (nSPS) is 15.2. The van der Waals surface area contributed by atoms with Gasteiger partial charge in [0.2, 0.25) is 5.91 Å². The first kappa shape index (κ1) is 15.8. The van der Waals surface area contributed by atoms with Crippen molar-refractivity contribution in [3.8, 4) is 0 Å². The van der Waals surface area contributed by atoms with Gasteiger partial charge in [-0.2, -0.15) is 18.3 Å². The second kappa shape index (κ2) is 6.93. The molecule has 1 heterocycles. The number of hydrogen-bond donors (Lipinski definition) is 1. The van der Waals surface area contributed by atoms with Crippen LogP contribution in [-0.2, 0) is 22.3 Å². The Bertz CT molecular complexity index is 469. The van der Waals surface area contributed by atoms with E-state index in [2.05, 4.69) is 10.4 Å². The molecule has 5 nitrogen and oxygen atoms in total. The lowest BCUT2D eigenvalue weighted by Crippen LogP contribution is -2.29. The second-order valence-corrected chi connectivity index (χ2v) is 5.12. The van der Waals surface area contributed by atoms with E-state index in [1.807, 2.05) is 0 Å². The smallest absolute Gasteiger partial charge is 0.381 e. The van der Waals surface area contributed by atoms with Gasteiger partial charge in [0.05, 0.1) is 0 Å². The van der Waals surface area contributed by atoms with Crippen LogP contribution in [0.3, 0.4) is 0 Å². The Morgan fingerprint density at radius 2 is 2.24 bits per heavy atom. The highest BCUT2D eigenvalue weighted by Crippen LogP contribution is 2.28. The number of halogens is 3. The van der Waals surface area contributed by atoms with Crippen molar-refractivity contribution in [1.29, 1.82) is 0 Å². The number of aromatic nitrogens is 2. The van der Waals surface area contributed by atoms with Gasteiger partial charge in [-0.1, -0.05) is 0 Å². The van der Waals surface area contributed by atoms with Crippen molar-refractivity contribution in [1.82, 2.24) is 15.1 Å². The molecule has 21 heavy (non-hydrogen) atoms. The van der Waals surface area contributed by atoms with Gasteiger partial charge in [0, 0.05) is 26.0 Å². The Morgan fingerprint density at radius 1 is 1.48 bits per heavy atom. The van der Waals surface area contributed by atoms with Crippen LogP contribution in [0.5, 0.6) is 0 Å². The summed E-state index contributed by atoms with van der Waals surface area (Å²) < 4.78 is 43.4. The van der Waals surface area contributed by atoms with E-state index in [-0.39, 0.29) is 12.5 Å². The highest BCUT2D eigenvalue weighted by Gasteiger charge is 2.33. The van der Waals surface area contributed by atoms with E-state index in [0.717, 1.165) is 23.6 Å². The average Bonchev–Trinajstić information content (AvgIpc) is 3.10. The first-order valence-corrected chi connectivity index (χ1v) is 6.90. The first-order chi connectivity index (χ1) is 9.95. The van der Waals surface area contributed by atoms with Crippen LogP contribution in [0.15, 0.2) is 12.3 Å². The Balaban J connectivity index is 1.59. The van der Waals surface area contributed by atoms with E-state index in [9.17, 15) is 18.0 Å². The first-order valence-electron chi connectivity index (χ1n) is 6.90. The van der Waals surface area contributed by atoms with Gasteiger partial charge in [-0.25, -0.2) is 0 Å². The van der Waals surface area contributed by atoms with Crippen molar-refractivity contribution >= 4 is 5.91 Å². The van der Waals surface area contributed by atoms with Gasteiger partial charge in [0.25, 0.3) is 0 Å². The molecule has 1 amide bonds. The number of hydrogen-bond acceptors (Lipinski definition) is 3. The maximum absolute atomic E-state index is 12.3. The molecule has 1 aliphatic carbocycles. The molecule has 1 N–H and O–H groups in total. The molecule has 1 fully saturated rings. The molecule has 1 aromatic heterocycles. The third-order valence-corrected chi connectivity index (χ3v) is 3.07. The zero-order chi connectivity index (χ0) is 15.3. The summed E-state index contributed by atoms with van der Waals surface area (Å²) in [5.41, 5.74) is -0.997. The van der Waals surface area contributed by atoms with Gasteiger partial charge in [0.15, 0.2) is 5.69 Å². The third kappa shape index (κ3) is 5.74. The molecule has 118 valence electrons. The number of carbonyl (C=O) groups is 1. The number of carbonyl (C=O) groups excluding carboxylic acids is 1. The molecule has 1 saturated carbocycles. The number of rotatable bonds is 8. The molecule has 1 aromatic rings. The minimum absolute atomic E-state index is 0.223. The fourth-order valence-corrected chi connectivity index (χ4v) is 1.74. The molecule has 0 aliphatic heterocycles. The molecule has 1 aliphatic rings. The van der Waals surface area contributed by atoms with Crippen LogP contribution >= 0.6 is 0 Å². The molecule has 0 aromatic carbocycles. The lowest BCUT2D eigenvalue weighted by molar-refractivity contribution is -0.141. The van der Waals surface area contributed by atoms with Crippen LogP contribution < -0.4 is 5.32 Å². The zero-order valence-corrected chi connectivity index (χ0v) is 11.5. The quantitative estimate of drug-likeness (QED) is 0.746. The predicted octanol–water partition coefficient (Wildman–Crippen LogP) is 1.83. The van der Waals surface area contributed by atoms with Crippen LogP contribution in [0.1, 0.15) is 25.0 Å². The monoisotopic (exact) mass is 305 g/mol. The molecule has 0 unspecified atom stereocenters. The zero-order valence-electron chi connectivity index (χ0n) is 11.5. The van der Waals surface area contributed by atoms with Crippen molar-refractivity contribution in [3.63, 3.8) is 0 Å². The number of nitrogens with one attached hydrogen (secondary N) is 1. The van der Waals surface area contributed by atoms with Gasteiger partial charge < -0.3 is 10.1 Å². The molecule has 0 atom stereocenters. The Labute approximate surface area is 120 Å². The fraction of sp³-hybridized carbons (Fsp3) is 0.692. The van der Waals surface area contributed by atoms with E-state index in [1.54, 1.807) is 0 Å². The molecule has 0 radical (unpaired) electrons. The SMILES string of the molecule is O=C(Cn1ccc(C(F)(F)F)n1)NCCCOCC1CC1. The van der Waals surface area contributed by atoms with Crippen molar-refractivity contribution < 1.29 is 22.7 Å².